The molecule has 2 aromatic rings. The molecule has 0 aliphatic rings. The molecule has 0 radical (unpaired) electrons. The van der Waals surface area contributed by atoms with Crippen molar-refractivity contribution in [3.05, 3.63) is 47.5 Å². The highest BCUT2D eigenvalue weighted by Gasteiger charge is 2.04. The Morgan fingerprint density at radius 3 is 2.06 bits per heavy atom. The zero-order chi connectivity index (χ0) is 11.7. The van der Waals surface area contributed by atoms with Crippen molar-refractivity contribution in [1.29, 1.82) is 0 Å². The maximum atomic E-state index is 4.57. The number of fused-ring (bicyclic) bond motifs is 1. The molecule has 0 aliphatic heterocycles. The lowest BCUT2D eigenvalue weighted by molar-refractivity contribution is 1.33. The predicted molar refractivity (Wildman–Crippen MR) is 75.1 cm³/mol. The average Bonchev–Trinajstić information content (AvgIpc) is 2.27. The molecule has 0 atom stereocenters. The minimum absolute atomic E-state index is 1.05. The average molecular weight is 228 g/mol. The molecular formula is C15H16S. The molecule has 0 heterocycles. The lowest BCUT2D eigenvalue weighted by Gasteiger charge is -2.09. The van der Waals surface area contributed by atoms with Crippen LogP contribution in [0.25, 0.3) is 16.3 Å². The minimum Gasteiger partial charge on any atom is -0.143 e. The van der Waals surface area contributed by atoms with Gasteiger partial charge in [0.1, 0.15) is 0 Å². The minimum atomic E-state index is 1.05. The first kappa shape index (κ1) is 11.3. The maximum Gasteiger partial charge on any atom is 0.0122 e. The second-order valence-electron chi connectivity index (χ2n) is 4.34. The van der Waals surface area contributed by atoms with E-state index in [0.29, 0.717) is 0 Å². The summed E-state index contributed by atoms with van der Waals surface area (Å²) in [5.41, 5.74) is 3.89. The molecule has 82 valence electrons. The summed E-state index contributed by atoms with van der Waals surface area (Å²) in [6.07, 6.45) is 0. The highest BCUT2D eigenvalue weighted by molar-refractivity contribution is 7.80. The standard InChI is InChI=1S/C15H16S/c1-10(2)11(3)14-8-12-6-4-5-7-13(12)9-15(14)16/h4-9,16H,1-3H3. The summed E-state index contributed by atoms with van der Waals surface area (Å²) in [6.45, 7) is 6.43. The van der Waals surface area contributed by atoms with Gasteiger partial charge in [-0.15, -0.1) is 12.6 Å². The van der Waals surface area contributed by atoms with Gasteiger partial charge in [-0.1, -0.05) is 29.8 Å². The lowest BCUT2D eigenvalue weighted by Crippen LogP contribution is -1.86. The van der Waals surface area contributed by atoms with Gasteiger partial charge in [0.25, 0.3) is 0 Å². The molecular weight excluding hydrogens is 212 g/mol. The Labute approximate surface area is 102 Å². The number of hydrogen-bond donors (Lipinski definition) is 1. The van der Waals surface area contributed by atoms with Crippen LogP contribution in [0, 0.1) is 0 Å². The number of thiol groups is 1. The van der Waals surface area contributed by atoms with E-state index in [4.69, 9.17) is 0 Å². The first-order valence-corrected chi connectivity index (χ1v) is 5.90. The van der Waals surface area contributed by atoms with Gasteiger partial charge in [-0.25, -0.2) is 0 Å². The van der Waals surface area contributed by atoms with Crippen LogP contribution < -0.4 is 0 Å². The Morgan fingerprint density at radius 1 is 0.938 bits per heavy atom. The third-order valence-corrected chi connectivity index (χ3v) is 3.39. The van der Waals surface area contributed by atoms with Gasteiger partial charge in [0.2, 0.25) is 0 Å². The van der Waals surface area contributed by atoms with Crippen molar-refractivity contribution in [1.82, 2.24) is 0 Å². The molecule has 0 unspecified atom stereocenters. The van der Waals surface area contributed by atoms with Crippen LogP contribution in [0.2, 0.25) is 0 Å². The lowest BCUT2D eigenvalue weighted by atomic mass is 9.99. The first-order valence-electron chi connectivity index (χ1n) is 5.46. The Bertz CT molecular complexity index is 561. The van der Waals surface area contributed by atoms with Crippen LogP contribution in [-0.2, 0) is 0 Å². The highest BCUT2D eigenvalue weighted by atomic mass is 32.1. The van der Waals surface area contributed by atoms with E-state index in [-0.39, 0.29) is 0 Å². The van der Waals surface area contributed by atoms with Crippen molar-refractivity contribution < 1.29 is 0 Å². The van der Waals surface area contributed by atoms with Crippen LogP contribution in [0.5, 0.6) is 0 Å². The second kappa shape index (κ2) is 4.34. The Morgan fingerprint density at radius 2 is 1.50 bits per heavy atom. The van der Waals surface area contributed by atoms with E-state index < -0.39 is 0 Å². The zero-order valence-corrected chi connectivity index (χ0v) is 10.8. The summed E-state index contributed by atoms with van der Waals surface area (Å²) < 4.78 is 0. The van der Waals surface area contributed by atoms with E-state index in [2.05, 4.69) is 69.8 Å². The van der Waals surface area contributed by atoms with E-state index in [0.717, 1.165) is 4.90 Å². The number of allylic oxidation sites excluding steroid dienone is 2. The molecule has 0 aliphatic carbocycles. The van der Waals surface area contributed by atoms with Gasteiger partial charge in [-0.05, 0) is 54.8 Å². The fraction of sp³-hybridized carbons (Fsp3) is 0.200. The van der Waals surface area contributed by atoms with Gasteiger partial charge < -0.3 is 0 Å². The molecule has 0 saturated heterocycles. The maximum absolute atomic E-state index is 4.57. The molecule has 1 heteroatoms. The van der Waals surface area contributed by atoms with E-state index >= 15 is 0 Å². The molecule has 0 saturated carbocycles. The van der Waals surface area contributed by atoms with Crippen molar-refractivity contribution in [2.75, 3.05) is 0 Å². The molecule has 2 aromatic carbocycles. The summed E-state index contributed by atoms with van der Waals surface area (Å²) in [7, 11) is 0. The van der Waals surface area contributed by atoms with Crippen molar-refractivity contribution in [3.63, 3.8) is 0 Å². The predicted octanol–water partition coefficient (Wildman–Crippen LogP) is 4.94. The van der Waals surface area contributed by atoms with Crippen LogP contribution in [0.3, 0.4) is 0 Å². The normalized spacial score (nSPS) is 10.5. The third kappa shape index (κ3) is 2.00. The fourth-order valence-corrected chi connectivity index (χ4v) is 2.17. The SMILES string of the molecule is CC(C)=C(C)c1cc2ccccc2cc1S. The van der Waals surface area contributed by atoms with E-state index in [1.54, 1.807) is 0 Å². The van der Waals surface area contributed by atoms with Gasteiger partial charge in [-0.2, -0.15) is 0 Å². The van der Waals surface area contributed by atoms with Crippen molar-refractivity contribution in [2.24, 2.45) is 0 Å². The molecule has 0 spiro atoms. The van der Waals surface area contributed by atoms with E-state index in [9.17, 15) is 0 Å². The quantitative estimate of drug-likeness (QED) is 0.656. The molecule has 0 N–H and O–H groups in total. The van der Waals surface area contributed by atoms with Crippen LogP contribution >= 0.6 is 12.6 Å². The topological polar surface area (TPSA) is 0 Å². The third-order valence-electron chi connectivity index (χ3n) is 3.02. The Hall–Kier alpha value is -1.21. The smallest absolute Gasteiger partial charge is 0.0122 e. The van der Waals surface area contributed by atoms with Crippen LogP contribution in [0.4, 0.5) is 0 Å². The van der Waals surface area contributed by atoms with Gasteiger partial charge in [0.05, 0.1) is 0 Å². The number of benzene rings is 2. The second-order valence-corrected chi connectivity index (χ2v) is 4.82. The van der Waals surface area contributed by atoms with E-state index in [1.807, 2.05) is 0 Å². The molecule has 0 amide bonds. The zero-order valence-electron chi connectivity index (χ0n) is 9.91. The van der Waals surface area contributed by atoms with Gasteiger partial charge in [0, 0.05) is 4.90 Å². The monoisotopic (exact) mass is 228 g/mol. The first-order chi connectivity index (χ1) is 7.59. The Balaban J connectivity index is 2.73. The fourth-order valence-electron chi connectivity index (χ4n) is 1.80. The van der Waals surface area contributed by atoms with Crippen molar-refractivity contribution in [2.45, 2.75) is 25.7 Å². The number of hydrogen-bond acceptors (Lipinski definition) is 1. The molecule has 0 fully saturated rings. The van der Waals surface area contributed by atoms with Gasteiger partial charge in [-0.3, -0.25) is 0 Å². The van der Waals surface area contributed by atoms with Crippen molar-refractivity contribution in [3.8, 4) is 0 Å². The summed E-state index contributed by atoms with van der Waals surface area (Å²) in [4.78, 5) is 1.05. The Kier molecular flexibility index (Phi) is 3.06. The summed E-state index contributed by atoms with van der Waals surface area (Å²) >= 11 is 4.57. The summed E-state index contributed by atoms with van der Waals surface area (Å²) in [6, 6.07) is 12.8. The summed E-state index contributed by atoms with van der Waals surface area (Å²) in [5, 5.41) is 2.52. The van der Waals surface area contributed by atoms with Crippen LogP contribution in [-0.4, -0.2) is 0 Å². The van der Waals surface area contributed by atoms with Crippen LogP contribution in [0.1, 0.15) is 26.3 Å². The molecule has 0 bridgehead atoms. The highest BCUT2D eigenvalue weighted by Crippen LogP contribution is 2.29. The molecule has 2 rings (SSSR count). The van der Waals surface area contributed by atoms with Gasteiger partial charge in [0.15, 0.2) is 0 Å². The van der Waals surface area contributed by atoms with E-state index in [1.165, 1.54) is 27.5 Å². The molecule has 0 aromatic heterocycles. The van der Waals surface area contributed by atoms with Gasteiger partial charge >= 0.3 is 0 Å². The molecule has 16 heavy (non-hydrogen) atoms. The van der Waals surface area contributed by atoms with Crippen molar-refractivity contribution >= 4 is 29.0 Å². The largest absolute Gasteiger partial charge is 0.143 e. The van der Waals surface area contributed by atoms with Crippen LogP contribution in [0.15, 0.2) is 46.9 Å². The molecule has 0 nitrogen and oxygen atoms in total. The summed E-state index contributed by atoms with van der Waals surface area (Å²) in [5.74, 6) is 0. The number of rotatable bonds is 1.